The average molecular weight is 337 g/mol. The van der Waals surface area contributed by atoms with Crippen LogP contribution in [0.4, 0.5) is 4.79 Å². The number of carbonyl (C=O) groups is 1. The molecule has 0 radical (unpaired) electrons. The molecule has 0 saturated carbocycles. The predicted octanol–water partition coefficient (Wildman–Crippen LogP) is 1.60. The highest BCUT2D eigenvalue weighted by Gasteiger charge is 2.25. The Morgan fingerprint density at radius 2 is 1.44 bits per heavy atom. The molecular formula is C11H20IN3O. The van der Waals surface area contributed by atoms with Gasteiger partial charge in [0.15, 0.2) is 0 Å². The molecule has 92 valence electrons. The molecule has 2 amide bonds. The maximum absolute atomic E-state index is 12.2. The number of piperazine rings is 1. The van der Waals surface area contributed by atoms with Crippen molar-refractivity contribution >= 4 is 28.6 Å². The highest BCUT2D eigenvalue weighted by Crippen LogP contribution is 2.13. The van der Waals surface area contributed by atoms with Gasteiger partial charge < -0.3 is 9.80 Å². The van der Waals surface area contributed by atoms with Crippen molar-refractivity contribution in [2.45, 2.75) is 19.3 Å². The number of carbonyl (C=O) groups excluding carboxylic acids is 1. The van der Waals surface area contributed by atoms with E-state index < -0.39 is 0 Å². The number of hydrogen-bond donors (Lipinski definition) is 0. The van der Waals surface area contributed by atoms with Crippen molar-refractivity contribution in [2.75, 3.05) is 43.8 Å². The summed E-state index contributed by atoms with van der Waals surface area (Å²) in [6, 6.07) is 0.271. The van der Waals surface area contributed by atoms with Crippen LogP contribution >= 0.6 is 22.6 Å². The van der Waals surface area contributed by atoms with Crippen LogP contribution in [-0.2, 0) is 0 Å². The summed E-state index contributed by atoms with van der Waals surface area (Å²) in [5, 5.41) is 0. The monoisotopic (exact) mass is 337 g/mol. The molecule has 0 aromatic carbocycles. The van der Waals surface area contributed by atoms with Crippen LogP contribution in [0.5, 0.6) is 0 Å². The van der Waals surface area contributed by atoms with E-state index in [0.29, 0.717) is 0 Å². The fourth-order valence-corrected chi connectivity index (χ4v) is 3.03. The Morgan fingerprint density at radius 1 is 0.875 bits per heavy atom. The molecule has 0 unspecified atom stereocenters. The van der Waals surface area contributed by atoms with E-state index in [2.05, 4.69) is 27.5 Å². The number of likely N-dealkylation sites (tertiary alicyclic amines) is 1. The van der Waals surface area contributed by atoms with Crippen LogP contribution in [0.2, 0.25) is 0 Å². The van der Waals surface area contributed by atoms with Crippen LogP contribution in [0.15, 0.2) is 0 Å². The van der Waals surface area contributed by atoms with Gasteiger partial charge in [-0.25, -0.2) is 4.79 Å². The van der Waals surface area contributed by atoms with Crippen molar-refractivity contribution in [3.8, 4) is 0 Å². The van der Waals surface area contributed by atoms with Gasteiger partial charge in [0.25, 0.3) is 0 Å². The predicted molar refractivity (Wildman–Crippen MR) is 72.9 cm³/mol. The lowest BCUT2D eigenvalue weighted by Gasteiger charge is -2.38. The Hall–Kier alpha value is -0.0400. The standard InChI is InChI=1S/C11H20IN3O/c12-10-13-6-8-15(9-7-13)11(16)14-4-2-1-3-5-14/h1-10H2. The number of piperidine rings is 1. The van der Waals surface area contributed by atoms with Gasteiger partial charge in [-0.15, -0.1) is 0 Å². The van der Waals surface area contributed by atoms with Crippen LogP contribution in [0.25, 0.3) is 0 Å². The van der Waals surface area contributed by atoms with Crippen molar-refractivity contribution in [1.29, 1.82) is 0 Å². The topological polar surface area (TPSA) is 26.8 Å². The first-order chi connectivity index (χ1) is 7.81. The molecule has 0 aromatic rings. The van der Waals surface area contributed by atoms with Gasteiger partial charge in [0.05, 0.1) is 4.55 Å². The first-order valence-electron chi connectivity index (χ1n) is 6.13. The molecule has 0 N–H and O–H groups in total. The molecule has 0 spiro atoms. The first-order valence-corrected chi connectivity index (χ1v) is 7.66. The Labute approximate surface area is 111 Å². The summed E-state index contributed by atoms with van der Waals surface area (Å²) in [5.74, 6) is 0. The third kappa shape index (κ3) is 3.00. The minimum atomic E-state index is 0.271. The van der Waals surface area contributed by atoms with Crippen LogP contribution in [-0.4, -0.2) is 64.6 Å². The van der Waals surface area contributed by atoms with Gasteiger partial charge >= 0.3 is 6.03 Å². The molecule has 2 heterocycles. The van der Waals surface area contributed by atoms with Crippen LogP contribution in [0, 0.1) is 0 Å². The third-order valence-electron chi connectivity index (χ3n) is 3.44. The Bertz CT molecular complexity index is 235. The van der Waals surface area contributed by atoms with Crippen LogP contribution in [0.1, 0.15) is 19.3 Å². The molecule has 4 nitrogen and oxygen atoms in total. The number of nitrogens with zero attached hydrogens (tertiary/aromatic N) is 3. The maximum Gasteiger partial charge on any atom is 0.320 e. The molecule has 2 aliphatic rings. The molecule has 0 aromatic heterocycles. The SMILES string of the molecule is O=C(N1CCCCC1)N1CCN(CI)CC1. The lowest BCUT2D eigenvalue weighted by Crippen LogP contribution is -2.53. The fourth-order valence-electron chi connectivity index (χ4n) is 2.34. The van der Waals surface area contributed by atoms with E-state index >= 15 is 0 Å². The van der Waals surface area contributed by atoms with Crippen LogP contribution < -0.4 is 0 Å². The number of rotatable bonds is 1. The van der Waals surface area contributed by atoms with Gasteiger partial charge in [-0.1, -0.05) is 22.6 Å². The van der Waals surface area contributed by atoms with Gasteiger partial charge in [0, 0.05) is 39.3 Å². The second-order valence-electron chi connectivity index (χ2n) is 4.55. The molecule has 0 bridgehead atoms. The van der Waals surface area contributed by atoms with Crippen molar-refractivity contribution in [3.05, 3.63) is 0 Å². The van der Waals surface area contributed by atoms with E-state index in [9.17, 15) is 4.79 Å². The normalized spacial score (nSPS) is 23.6. The number of alkyl halides is 1. The zero-order chi connectivity index (χ0) is 11.4. The number of halogens is 1. The molecular weight excluding hydrogens is 317 g/mol. The molecule has 0 aliphatic carbocycles. The largest absolute Gasteiger partial charge is 0.325 e. The first kappa shape index (κ1) is 12.4. The lowest BCUT2D eigenvalue weighted by molar-refractivity contribution is 0.115. The summed E-state index contributed by atoms with van der Waals surface area (Å²) in [6.45, 7) is 5.79. The van der Waals surface area contributed by atoms with Gasteiger partial charge in [0.1, 0.15) is 0 Å². The molecule has 2 fully saturated rings. The van der Waals surface area contributed by atoms with Gasteiger partial charge in [-0.2, -0.15) is 0 Å². The summed E-state index contributed by atoms with van der Waals surface area (Å²) < 4.78 is 1.07. The average Bonchev–Trinajstić information content (AvgIpc) is 2.39. The highest BCUT2D eigenvalue weighted by atomic mass is 127. The molecule has 0 atom stereocenters. The van der Waals surface area contributed by atoms with Crippen LogP contribution in [0.3, 0.4) is 0 Å². The number of urea groups is 1. The van der Waals surface area contributed by atoms with E-state index in [4.69, 9.17) is 0 Å². The maximum atomic E-state index is 12.2. The molecule has 16 heavy (non-hydrogen) atoms. The Balaban J connectivity index is 1.81. The second kappa shape index (κ2) is 6.05. The van der Waals surface area contributed by atoms with E-state index in [0.717, 1.165) is 43.8 Å². The van der Waals surface area contributed by atoms with Gasteiger partial charge in [0.2, 0.25) is 0 Å². The van der Waals surface area contributed by atoms with E-state index in [-0.39, 0.29) is 6.03 Å². The quantitative estimate of drug-likeness (QED) is 0.413. The number of hydrogen-bond acceptors (Lipinski definition) is 2. The lowest BCUT2D eigenvalue weighted by atomic mass is 10.1. The van der Waals surface area contributed by atoms with Crippen molar-refractivity contribution in [2.24, 2.45) is 0 Å². The van der Waals surface area contributed by atoms with E-state index in [1.807, 2.05) is 9.80 Å². The number of amides is 2. The van der Waals surface area contributed by atoms with Gasteiger partial charge in [-0.3, -0.25) is 4.90 Å². The second-order valence-corrected chi connectivity index (χ2v) is 5.24. The summed E-state index contributed by atoms with van der Waals surface area (Å²) in [4.78, 5) is 18.6. The summed E-state index contributed by atoms with van der Waals surface area (Å²) in [7, 11) is 0. The van der Waals surface area contributed by atoms with E-state index in [1.165, 1.54) is 19.3 Å². The van der Waals surface area contributed by atoms with Crippen molar-refractivity contribution in [1.82, 2.24) is 14.7 Å². The summed E-state index contributed by atoms with van der Waals surface area (Å²) in [5.41, 5.74) is 0. The molecule has 5 heteroatoms. The molecule has 2 rings (SSSR count). The summed E-state index contributed by atoms with van der Waals surface area (Å²) in [6.07, 6.45) is 3.64. The minimum Gasteiger partial charge on any atom is -0.325 e. The zero-order valence-corrected chi connectivity index (χ0v) is 11.9. The smallest absolute Gasteiger partial charge is 0.320 e. The van der Waals surface area contributed by atoms with E-state index in [1.54, 1.807) is 0 Å². The summed E-state index contributed by atoms with van der Waals surface area (Å²) >= 11 is 2.39. The van der Waals surface area contributed by atoms with Gasteiger partial charge in [-0.05, 0) is 19.3 Å². The molecule has 2 saturated heterocycles. The fraction of sp³-hybridized carbons (Fsp3) is 0.909. The Morgan fingerprint density at radius 3 is 2.00 bits per heavy atom. The van der Waals surface area contributed by atoms with Crippen molar-refractivity contribution in [3.63, 3.8) is 0 Å². The zero-order valence-electron chi connectivity index (χ0n) is 9.70. The Kier molecular flexibility index (Phi) is 4.69. The molecule has 2 aliphatic heterocycles. The third-order valence-corrected chi connectivity index (χ3v) is 4.40. The van der Waals surface area contributed by atoms with Crippen molar-refractivity contribution < 1.29 is 4.79 Å². The minimum absolute atomic E-state index is 0.271. The highest BCUT2D eigenvalue weighted by molar-refractivity contribution is 14.1.